The molecule has 3 nitrogen and oxygen atoms in total. The summed E-state index contributed by atoms with van der Waals surface area (Å²) in [5.74, 6) is 1.60. The minimum absolute atomic E-state index is 0.399. The fourth-order valence-corrected chi connectivity index (χ4v) is 4.24. The second-order valence-electron chi connectivity index (χ2n) is 7.20. The third-order valence-electron chi connectivity index (χ3n) is 5.26. The van der Waals surface area contributed by atoms with Crippen LogP contribution in [0.4, 0.5) is 0 Å². The van der Waals surface area contributed by atoms with Gasteiger partial charge in [-0.3, -0.25) is 0 Å². The molecule has 0 amide bonds. The highest BCUT2D eigenvalue weighted by Crippen LogP contribution is 2.32. The van der Waals surface area contributed by atoms with Gasteiger partial charge in [0.05, 0.1) is 5.60 Å². The van der Waals surface area contributed by atoms with Gasteiger partial charge in [0.25, 0.3) is 0 Å². The van der Waals surface area contributed by atoms with Gasteiger partial charge in [-0.1, -0.05) is 19.8 Å². The quantitative estimate of drug-likeness (QED) is 0.803. The molecule has 112 valence electrons. The molecule has 0 aromatic carbocycles. The van der Waals surface area contributed by atoms with Crippen LogP contribution in [0, 0.1) is 11.8 Å². The molecule has 3 unspecified atom stereocenters. The predicted octanol–water partition coefficient (Wildman–Crippen LogP) is 2.25. The SMILES string of the molecule is CNC1CCC(C)CC1CN(C)CC1(O)CCCC1. The topological polar surface area (TPSA) is 35.5 Å². The Morgan fingerprint density at radius 1 is 1.26 bits per heavy atom. The zero-order chi connectivity index (χ0) is 13.9. The molecule has 2 aliphatic carbocycles. The van der Waals surface area contributed by atoms with E-state index in [1.165, 1.54) is 32.1 Å². The number of hydrogen-bond donors (Lipinski definition) is 2. The molecule has 0 spiro atoms. The molecule has 3 heteroatoms. The Morgan fingerprint density at radius 3 is 2.58 bits per heavy atom. The van der Waals surface area contributed by atoms with E-state index in [4.69, 9.17) is 0 Å². The Morgan fingerprint density at radius 2 is 1.95 bits per heavy atom. The summed E-state index contributed by atoms with van der Waals surface area (Å²) in [5.41, 5.74) is -0.399. The lowest BCUT2D eigenvalue weighted by atomic mass is 9.78. The van der Waals surface area contributed by atoms with E-state index in [2.05, 4.69) is 31.2 Å². The average Bonchev–Trinajstić information content (AvgIpc) is 2.75. The van der Waals surface area contributed by atoms with Gasteiger partial charge in [-0.2, -0.15) is 0 Å². The molecule has 2 saturated carbocycles. The van der Waals surface area contributed by atoms with E-state index >= 15 is 0 Å². The second-order valence-corrected chi connectivity index (χ2v) is 7.20. The predicted molar refractivity (Wildman–Crippen MR) is 80.3 cm³/mol. The maximum atomic E-state index is 10.5. The molecule has 0 saturated heterocycles. The highest BCUT2D eigenvalue weighted by molar-refractivity contribution is 4.89. The van der Waals surface area contributed by atoms with Gasteiger partial charge in [-0.05, 0) is 58.0 Å². The van der Waals surface area contributed by atoms with Gasteiger partial charge in [0.15, 0.2) is 0 Å². The highest BCUT2D eigenvalue weighted by Gasteiger charge is 2.34. The van der Waals surface area contributed by atoms with Crippen LogP contribution in [0.1, 0.15) is 51.9 Å². The largest absolute Gasteiger partial charge is 0.389 e. The van der Waals surface area contributed by atoms with Crippen molar-refractivity contribution in [1.29, 1.82) is 0 Å². The summed E-state index contributed by atoms with van der Waals surface area (Å²) in [4.78, 5) is 2.37. The molecule has 2 fully saturated rings. The van der Waals surface area contributed by atoms with Gasteiger partial charge in [0.1, 0.15) is 0 Å². The van der Waals surface area contributed by atoms with Gasteiger partial charge in [0.2, 0.25) is 0 Å². The van der Waals surface area contributed by atoms with Crippen molar-refractivity contribution in [3.8, 4) is 0 Å². The van der Waals surface area contributed by atoms with Crippen molar-refractivity contribution in [3.63, 3.8) is 0 Å². The van der Waals surface area contributed by atoms with Crippen LogP contribution in [0.2, 0.25) is 0 Å². The fraction of sp³-hybridized carbons (Fsp3) is 1.00. The molecule has 2 N–H and O–H groups in total. The van der Waals surface area contributed by atoms with E-state index in [-0.39, 0.29) is 0 Å². The molecule has 0 heterocycles. The Balaban J connectivity index is 1.84. The first-order chi connectivity index (χ1) is 9.02. The fourth-order valence-electron chi connectivity index (χ4n) is 4.24. The van der Waals surface area contributed by atoms with Crippen LogP contribution >= 0.6 is 0 Å². The summed E-state index contributed by atoms with van der Waals surface area (Å²) in [6.45, 7) is 4.36. The van der Waals surface area contributed by atoms with Crippen molar-refractivity contribution < 1.29 is 5.11 Å². The first kappa shape index (κ1) is 15.3. The molecule has 0 aliphatic heterocycles. The van der Waals surface area contributed by atoms with E-state index in [1.807, 2.05) is 0 Å². The lowest BCUT2D eigenvalue weighted by Crippen LogP contribution is -2.47. The van der Waals surface area contributed by atoms with Crippen LogP contribution in [-0.2, 0) is 0 Å². The van der Waals surface area contributed by atoms with Gasteiger partial charge < -0.3 is 15.3 Å². The molecular weight excluding hydrogens is 236 g/mol. The Hall–Kier alpha value is -0.120. The number of aliphatic hydroxyl groups is 1. The third-order valence-corrected chi connectivity index (χ3v) is 5.26. The van der Waals surface area contributed by atoms with E-state index in [0.29, 0.717) is 6.04 Å². The molecule has 2 rings (SSSR count). The lowest BCUT2D eigenvalue weighted by Gasteiger charge is -2.38. The smallest absolute Gasteiger partial charge is 0.0774 e. The van der Waals surface area contributed by atoms with Crippen molar-refractivity contribution in [1.82, 2.24) is 10.2 Å². The first-order valence-electron chi connectivity index (χ1n) is 8.10. The number of nitrogens with one attached hydrogen (secondary N) is 1. The molecule has 0 aromatic heterocycles. The van der Waals surface area contributed by atoms with Gasteiger partial charge in [-0.25, -0.2) is 0 Å². The van der Waals surface area contributed by atoms with Gasteiger partial charge in [0, 0.05) is 19.1 Å². The standard InChI is InChI=1S/C16H32N2O/c1-13-6-7-15(17-2)14(10-13)11-18(3)12-16(19)8-4-5-9-16/h13-15,17,19H,4-12H2,1-3H3. The van der Waals surface area contributed by atoms with Crippen molar-refractivity contribution in [3.05, 3.63) is 0 Å². The van der Waals surface area contributed by atoms with Crippen LogP contribution in [-0.4, -0.2) is 48.8 Å². The van der Waals surface area contributed by atoms with Crippen LogP contribution in [0.3, 0.4) is 0 Å². The maximum absolute atomic E-state index is 10.5. The minimum atomic E-state index is -0.399. The lowest BCUT2D eigenvalue weighted by molar-refractivity contribution is 0.00886. The average molecular weight is 268 g/mol. The summed E-state index contributed by atoms with van der Waals surface area (Å²) in [5, 5.41) is 14.0. The van der Waals surface area contributed by atoms with Crippen LogP contribution < -0.4 is 5.32 Å². The van der Waals surface area contributed by atoms with Crippen molar-refractivity contribution in [2.24, 2.45) is 11.8 Å². The Labute approximate surface area is 118 Å². The molecule has 2 aliphatic rings. The van der Waals surface area contributed by atoms with Crippen molar-refractivity contribution >= 4 is 0 Å². The van der Waals surface area contributed by atoms with Crippen molar-refractivity contribution in [2.75, 3.05) is 27.2 Å². The van der Waals surface area contributed by atoms with Gasteiger partial charge >= 0.3 is 0 Å². The van der Waals surface area contributed by atoms with E-state index < -0.39 is 5.60 Å². The maximum Gasteiger partial charge on any atom is 0.0774 e. The zero-order valence-corrected chi connectivity index (χ0v) is 13.0. The number of rotatable bonds is 5. The number of hydrogen-bond acceptors (Lipinski definition) is 3. The van der Waals surface area contributed by atoms with Crippen molar-refractivity contribution in [2.45, 2.75) is 63.5 Å². The number of nitrogens with zero attached hydrogens (tertiary/aromatic N) is 1. The molecule has 0 aromatic rings. The Bertz CT molecular complexity index is 276. The summed E-state index contributed by atoms with van der Waals surface area (Å²) < 4.78 is 0. The molecule has 0 bridgehead atoms. The zero-order valence-electron chi connectivity index (χ0n) is 13.0. The van der Waals surface area contributed by atoms with Crippen LogP contribution in [0.25, 0.3) is 0 Å². The van der Waals surface area contributed by atoms with Crippen LogP contribution in [0.15, 0.2) is 0 Å². The normalized spacial score (nSPS) is 34.9. The van der Waals surface area contributed by atoms with Gasteiger partial charge in [-0.15, -0.1) is 0 Å². The summed E-state index contributed by atoms with van der Waals surface area (Å²) in [6, 6.07) is 0.664. The molecule has 3 atom stereocenters. The molecule has 0 radical (unpaired) electrons. The third kappa shape index (κ3) is 4.17. The van der Waals surface area contributed by atoms with E-state index in [1.54, 1.807) is 0 Å². The summed E-state index contributed by atoms with van der Waals surface area (Å²) in [6.07, 6.45) is 8.37. The van der Waals surface area contributed by atoms with E-state index in [9.17, 15) is 5.11 Å². The monoisotopic (exact) mass is 268 g/mol. The first-order valence-corrected chi connectivity index (χ1v) is 8.10. The minimum Gasteiger partial charge on any atom is -0.389 e. The molecular formula is C16H32N2O. The summed E-state index contributed by atoms with van der Waals surface area (Å²) in [7, 11) is 4.28. The molecule has 19 heavy (non-hydrogen) atoms. The second kappa shape index (κ2) is 6.55. The van der Waals surface area contributed by atoms with E-state index in [0.717, 1.165) is 37.8 Å². The Kier molecular flexibility index (Phi) is 5.27. The van der Waals surface area contributed by atoms with Crippen LogP contribution in [0.5, 0.6) is 0 Å². The summed E-state index contributed by atoms with van der Waals surface area (Å²) >= 11 is 0. The highest BCUT2D eigenvalue weighted by atomic mass is 16.3. The number of likely N-dealkylation sites (N-methyl/N-ethyl adjacent to an activating group) is 1.